The lowest BCUT2D eigenvalue weighted by Gasteiger charge is -2.31. The van der Waals surface area contributed by atoms with Crippen LogP contribution in [-0.4, -0.2) is 46.4 Å². The van der Waals surface area contributed by atoms with Crippen molar-refractivity contribution in [3.8, 4) is 5.75 Å². The molecule has 4 atom stereocenters. The summed E-state index contributed by atoms with van der Waals surface area (Å²) >= 11 is 3.40. The first-order valence-electron chi connectivity index (χ1n) is 9.18. The Morgan fingerprint density at radius 1 is 1.36 bits per heavy atom. The molecule has 0 spiro atoms. The quantitative estimate of drug-likeness (QED) is 0.497. The van der Waals surface area contributed by atoms with Crippen LogP contribution in [0.4, 0.5) is 0 Å². The molecule has 1 aliphatic carbocycles. The van der Waals surface area contributed by atoms with Gasteiger partial charge in [0, 0.05) is 12.0 Å². The van der Waals surface area contributed by atoms with E-state index < -0.39 is 36.2 Å². The molecule has 0 saturated heterocycles. The number of hydrogen-bond acceptors (Lipinski definition) is 5. The van der Waals surface area contributed by atoms with Crippen LogP contribution >= 0.6 is 15.9 Å². The zero-order valence-corrected chi connectivity index (χ0v) is 17.8. The van der Waals surface area contributed by atoms with E-state index in [1.807, 2.05) is 32.9 Å². The average molecular weight is 455 g/mol. The lowest BCUT2D eigenvalue weighted by molar-refractivity contribution is -0.126. The van der Waals surface area contributed by atoms with E-state index in [1.165, 1.54) is 6.08 Å². The van der Waals surface area contributed by atoms with Crippen LogP contribution in [0.15, 0.2) is 34.3 Å². The van der Waals surface area contributed by atoms with Gasteiger partial charge in [0.05, 0.1) is 10.6 Å². The first-order chi connectivity index (χ1) is 13.1. The number of amides is 2. The van der Waals surface area contributed by atoms with Crippen molar-refractivity contribution in [3.05, 3.63) is 39.9 Å². The fraction of sp³-hybridized carbons (Fsp3) is 0.500. The Kier molecular flexibility index (Phi) is 7.63. The summed E-state index contributed by atoms with van der Waals surface area (Å²) in [5.41, 5.74) is 6.64. The number of nitrogens with one attached hydrogen (secondary N) is 1. The van der Waals surface area contributed by atoms with Crippen LogP contribution in [0.25, 0.3) is 0 Å². The number of aryl methyl sites for hydroxylation is 1. The summed E-state index contributed by atoms with van der Waals surface area (Å²) in [6.07, 6.45) is -1.43. The van der Waals surface area contributed by atoms with Gasteiger partial charge in [0.1, 0.15) is 24.0 Å². The van der Waals surface area contributed by atoms with Gasteiger partial charge in [-0.15, -0.1) is 0 Å². The summed E-state index contributed by atoms with van der Waals surface area (Å²) in [4.78, 5) is 24.2. The Balaban J connectivity index is 2.19. The second-order valence-corrected chi connectivity index (χ2v) is 8.38. The van der Waals surface area contributed by atoms with Crippen LogP contribution in [0, 0.1) is 12.8 Å². The van der Waals surface area contributed by atoms with Gasteiger partial charge in [-0.1, -0.05) is 19.9 Å². The van der Waals surface area contributed by atoms with Gasteiger partial charge >= 0.3 is 0 Å². The Morgan fingerprint density at radius 2 is 2.04 bits per heavy atom. The summed E-state index contributed by atoms with van der Waals surface area (Å²) in [6, 6.07) is 4.66. The van der Waals surface area contributed by atoms with E-state index in [1.54, 1.807) is 6.07 Å². The molecule has 0 heterocycles. The molecule has 2 amide bonds. The molecule has 5 N–H and O–H groups in total. The van der Waals surface area contributed by atoms with Gasteiger partial charge in [0.15, 0.2) is 0 Å². The van der Waals surface area contributed by atoms with Gasteiger partial charge in [-0.2, -0.15) is 0 Å². The number of benzene rings is 1. The molecular formula is C20H27BrN2O5. The molecule has 0 bridgehead atoms. The number of primary amides is 1. The van der Waals surface area contributed by atoms with E-state index in [4.69, 9.17) is 10.5 Å². The maximum Gasteiger partial charge on any atom is 0.247 e. The van der Waals surface area contributed by atoms with Crippen molar-refractivity contribution in [2.75, 3.05) is 0 Å². The van der Waals surface area contributed by atoms with Gasteiger partial charge in [-0.05, 0) is 59.0 Å². The fourth-order valence-electron chi connectivity index (χ4n) is 3.02. The number of carbonyl (C=O) groups is 2. The summed E-state index contributed by atoms with van der Waals surface area (Å²) in [5.74, 6) is -0.475. The third kappa shape index (κ3) is 5.80. The van der Waals surface area contributed by atoms with E-state index in [0.717, 1.165) is 5.56 Å². The number of ether oxygens (including phenoxy) is 1. The molecular weight excluding hydrogens is 428 g/mol. The summed E-state index contributed by atoms with van der Waals surface area (Å²) in [7, 11) is 0. The van der Waals surface area contributed by atoms with E-state index in [-0.39, 0.29) is 17.9 Å². The normalized spacial score (nSPS) is 23.1. The van der Waals surface area contributed by atoms with Crippen molar-refractivity contribution in [3.63, 3.8) is 0 Å². The molecule has 7 nitrogen and oxygen atoms in total. The van der Waals surface area contributed by atoms with Crippen LogP contribution < -0.4 is 15.8 Å². The second kappa shape index (κ2) is 9.54. The molecule has 0 radical (unpaired) electrons. The fourth-order valence-corrected chi connectivity index (χ4v) is 3.61. The number of aliphatic hydroxyl groups is 2. The van der Waals surface area contributed by atoms with Crippen LogP contribution in [0.3, 0.4) is 0 Å². The third-order valence-electron chi connectivity index (χ3n) is 4.52. The Labute approximate surface area is 173 Å². The van der Waals surface area contributed by atoms with Gasteiger partial charge in [0.2, 0.25) is 11.8 Å². The number of nitrogens with two attached hydrogens (primary N) is 1. The third-order valence-corrected chi connectivity index (χ3v) is 5.14. The summed E-state index contributed by atoms with van der Waals surface area (Å²) in [6.45, 7) is 5.78. The van der Waals surface area contributed by atoms with Gasteiger partial charge in [0.25, 0.3) is 0 Å². The first kappa shape index (κ1) is 22.4. The van der Waals surface area contributed by atoms with E-state index in [2.05, 4.69) is 21.2 Å². The molecule has 1 aliphatic rings. The Hall–Kier alpha value is -1.90. The topological polar surface area (TPSA) is 122 Å². The molecule has 2 rings (SSSR count). The molecule has 0 aliphatic heterocycles. The van der Waals surface area contributed by atoms with Crippen LogP contribution in [0.2, 0.25) is 0 Å². The molecule has 28 heavy (non-hydrogen) atoms. The highest BCUT2D eigenvalue weighted by Gasteiger charge is 2.35. The van der Waals surface area contributed by atoms with Crippen LogP contribution in [0.1, 0.15) is 32.3 Å². The maximum absolute atomic E-state index is 12.6. The Bertz CT molecular complexity index is 765. The SMILES string of the molecule is Cc1ccc(OC2C=C(C(=O)NC(CC(C)C)C(N)=O)CC(O)C2O)c(Br)c1. The van der Waals surface area contributed by atoms with Crippen LogP contribution in [-0.2, 0) is 9.59 Å². The van der Waals surface area contributed by atoms with Gasteiger partial charge in [-0.25, -0.2) is 0 Å². The van der Waals surface area contributed by atoms with Gasteiger partial charge in [-0.3, -0.25) is 9.59 Å². The lowest BCUT2D eigenvalue weighted by Crippen LogP contribution is -2.49. The van der Waals surface area contributed by atoms with Crippen molar-refractivity contribution < 1.29 is 24.5 Å². The zero-order valence-electron chi connectivity index (χ0n) is 16.2. The molecule has 0 fully saturated rings. The molecule has 154 valence electrons. The van der Waals surface area contributed by atoms with E-state index >= 15 is 0 Å². The van der Waals surface area contributed by atoms with Crippen molar-refractivity contribution >= 4 is 27.7 Å². The number of halogens is 1. The van der Waals surface area contributed by atoms with Crippen molar-refractivity contribution in [2.45, 2.75) is 58.0 Å². The predicted octanol–water partition coefficient (Wildman–Crippen LogP) is 1.57. The van der Waals surface area contributed by atoms with E-state index in [9.17, 15) is 19.8 Å². The smallest absolute Gasteiger partial charge is 0.247 e. The predicted molar refractivity (Wildman–Crippen MR) is 109 cm³/mol. The molecule has 1 aromatic rings. The lowest BCUT2D eigenvalue weighted by atomic mass is 9.91. The van der Waals surface area contributed by atoms with E-state index in [0.29, 0.717) is 16.6 Å². The van der Waals surface area contributed by atoms with Crippen LogP contribution in [0.5, 0.6) is 5.75 Å². The number of aliphatic hydroxyl groups excluding tert-OH is 2. The summed E-state index contributed by atoms with van der Waals surface area (Å²) in [5, 5.41) is 23.1. The zero-order chi connectivity index (χ0) is 21.0. The molecule has 0 saturated carbocycles. The van der Waals surface area contributed by atoms with Gasteiger partial charge < -0.3 is 26.0 Å². The second-order valence-electron chi connectivity index (χ2n) is 7.53. The number of rotatable bonds is 7. The highest BCUT2D eigenvalue weighted by atomic mass is 79.9. The monoisotopic (exact) mass is 454 g/mol. The minimum atomic E-state index is -1.19. The molecule has 1 aromatic carbocycles. The molecule has 8 heteroatoms. The molecule has 4 unspecified atom stereocenters. The van der Waals surface area contributed by atoms with Crippen molar-refractivity contribution in [1.82, 2.24) is 5.32 Å². The average Bonchev–Trinajstić information content (AvgIpc) is 2.59. The summed E-state index contributed by atoms with van der Waals surface area (Å²) < 4.78 is 6.52. The maximum atomic E-state index is 12.6. The highest BCUT2D eigenvalue weighted by Crippen LogP contribution is 2.30. The Morgan fingerprint density at radius 3 is 2.61 bits per heavy atom. The molecule has 0 aromatic heterocycles. The first-order valence-corrected chi connectivity index (χ1v) is 9.97. The minimum Gasteiger partial charge on any atom is -0.482 e. The minimum absolute atomic E-state index is 0.0465. The highest BCUT2D eigenvalue weighted by molar-refractivity contribution is 9.10. The number of carbonyl (C=O) groups excluding carboxylic acids is 2. The largest absolute Gasteiger partial charge is 0.482 e. The standard InChI is InChI=1S/C20H27BrN2O5/c1-10(2)6-14(19(22)26)23-20(27)12-8-15(24)18(25)17(9-12)28-16-5-4-11(3)7-13(16)21/h4-5,7,9-10,14-15,17-18,24-25H,6,8H2,1-3H3,(H2,22,26)(H,23,27). The van der Waals surface area contributed by atoms with Crippen molar-refractivity contribution in [2.24, 2.45) is 11.7 Å². The number of hydrogen-bond donors (Lipinski definition) is 4. The van der Waals surface area contributed by atoms with Crippen molar-refractivity contribution in [1.29, 1.82) is 0 Å².